The molecule has 2 bridgehead atoms. The van der Waals surface area contributed by atoms with Crippen LogP contribution in [0.5, 0.6) is 0 Å². The molecule has 2 N–H and O–H groups in total. The lowest BCUT2D eigenvalue weighted by Crippen LogP contribution is -2.45. The van der Waals surface area contributed by atoms with Gasteiger partial charge >= 0.3 is 5.97 Å². The average molecular weight is 372 g/mol. The minimum atomic E-state index is -3.72. The van der Waals surface area contributed by atoms with Crippen molar-refractivity contribution >= 4 is 31.9 Å². The molecule has 0 saturated heterocycles. The third-order valence-corrected chi connectivity index (χ3v) is 6.16. The number of nitrogens with one attached hydrogen (secondary N) is 1. The van der Waals surface area contributed by atoms with Gasteiger partial charge in [-0.25, -0.2) is 13.1 Å². The summed E-state index contributed by atoms with van der Waals surface area (Å²) in [6, 6.07) is 5.69. The van der Waals surface area contributed by atoms with E-state index in [4.69, 9.17) is 0 Å². The SMILES string of the molecule is O=C(O)C1C2C=CC(C2)C1NS(=O)(=O)c1ccc(Br)cc1. The van der Waals surface area contributed by atoms with Crippen LogP contribution >= 0.6 is 15.9 Å². The molecule has 21 heavy (non-hydrogen) atoms. The van der Waals surface area contributed by atoms with Gasteiger partial charge in [0.1, 0.15) is 0 Å². The van der Waals surface area contributed by atoms with Gasteiger partial charge in [-0.15, -0.1) is 0 Å². The van der Waals surface area contributed by atoms with Gasteiger partial charge in [-0.3, -0.25) is 4.79 Å². The summed E-state index contributed by atoms with van der Waals surface area (Å²) in [5.74, 6) is -1.76. The second-order valence-corrected chi connectivity index (χ2v) is 8.04. The Balaban J connectivity index is 1.87. The Kier molecular flexibility index (Phi) is 3.67. The number of aliphatic carboxylic acids is 1. The second kappa shape index (κ2) is 5.23. The van der Waals surface area contributed by atoms with Gasteiger partial charge in [0, 0.05) is 10.5 Å². The van der Waals surface area contributed by atoms with Crippen LogP contribution in [0.15, 0.2) is 45.8 Å². The summed E-state index contributed by atoms with van der Waals surface area (Å²) >= 11 is 3.25. The minimum Gasteiger partial charge on any atom is -0.481 e. The number of halogens is 1. The molecule has 0 amide bonds. The van der Waals surface area contributed by atoms with Crippen LogP contribution in [0.1, 0.15) is 6.42 Å². The lowest BCUT2D eigenvalue weighted by molar-refractivity contribution is -0.143. The summed E-state index contributed by atoms with van der Waals surface area (Å²) in [6.45, 7) is 0. The third kappa shape index (κ3) is 2.65. The van der Waals surface area contributed by atoms with Crippen LogP contribution in [0.4, 0.5) is 0 Å². The highest BCUT2D eigenvalue weighted by Crippen LogP contribution is 2.44. The Morgan fingerprint density at radius 2 is 1.81 bits per heavy atom. The fourth-order valence-corrected chi connectivity index (χ4v) is 4.75. The van der Waals surface area contributed by atoms with Crippen LogP contribution in [0.2, 0.25) is 0 Å². The third-order valence-electron chi connectivity index (χ3n) is 4.16. The Bertz CT molecular complexity index is 698. The lowest BCUT2D eigenvalue weighted by atomic mass is 9.90. The first kappa shape index (κ1) is 14.7. The van der Waals surface area contributed by atoms with Crippen molar-refractivity contribution < 1.29 is 18.3 Å². The molecule has 3 rings (SSSR count). The first-order valence-corrected chi connectivity index (χ1v) is 8.85. The number of allylic oxidation sites excluding steroid dienone is 1. The van der Waals surface area contributed by atoms with Crippen LogP contribution < -0.4 is 4.72 Å². The van der Waals surface area contributed by atoms with E-state index in [1.807, 2.05) is 12.2 Å². The van der Waals surface area contributed by atoms with E-state index < -0.39 is 28.0 Å². The molecule has 1 aromatic rings. The summed E-state index contributed by atoms with van der Waals surface area (Å²) < 4.78 is 28.2. The molecule has 2 aliphatic rings. The molecule has 0 aromatic heterocycles. The summed E-state index contributed by atoms with van der Waals surface area (Å²) in [7, 11) is -3.72. The highest BCUT2D eigenvalue weighted by atomic mass is 79.9. The Hall–Kier alpha value is -1.18. The highest BCUT2D eigenvalue weighted by molar-refractivity contribution is 9.10. The van der Waals surface area contributed by atoms with E-state index in [2.05, 4.69) is 20.7 Å². The molecule has 4 atom stereocenters. The van der Waals surface area contributed by atoms with Crippen LogP contribution in [0.3, 0.4) is 0 Å². The van der Waals surface area contributed by atoms with Gasteiger partial charge in [0.2, 0.25) is 10.0 Å². The van der Waals surface area contributed by atoms with Crippen molar-refractivity contribution in [2.24, 2.45) is 17.8 Å². The molecule has 4 unspecified atom stereocenters. The van der Waals surface area contributed by atoms with Crippen LogP contribution in [0, 0.1) is 17.8 Å². The molecule has 0 heterocycles. The Morgan fingerprint density at radius 1 is 1.19 bits per heavy atom. The van der Waals surface area contributed by atoms with E-state index in [1.54, 1.807) is 12.1 Å². The van der Waals surface area contributed by atoms with Crippen molar-refractivity contribution in [1.29, 1.82) is 0 Å². The zero-order chi connectivity index (χ0) is 15.2. The van der Waals surface area contributed by atoms with Gasteiger partial charge in [-0.05, 0) is 42.5 Å². The molecule has 7 heteroatoms. The maximum Gasteiger partial charge on any atom is 0.308 e. The normalized spacial score (nSPS) is 30.7. The summed E-state index contributed by atoms with van der Waals surface area (Å²) in [4.78, 5) is 11.5. The zero-order valence-electron chi connectivity index (χ0n) is 10.9. The molecule has 1 saturated carbocycles. The lowest BCUT2D eigenvalue weighted by Gasteiger charge is -2.25. The van der Waals surface area contributed by atoms with Gasteiger partial charge < -0.3 is 5.11 Å². The van der Waals surface area contributed by atoms with E-state index in [1.165, 1.54) is 12.1 Å². The predicted octanol–water partition coefficient (Wildman–Crippen LogP) is 2.00. The monoisotopic (exact) mass is 371 g/mol. The first-order chi connectivity index (χ1) is 9.88. The number of rotatable bonds is 4. The average Bonchev–Trinajstić information content (AvgIpc) is 2.99. The number of hydrogen-bond acceptors (Lipinski definition) is 3. The zero-order valence-corrected chi connectivity index (χ0v) is 13.3. The summed E-state index contributed by atoms with van der Waals surface area (Å²) in [6.07, 6.45) is 4.50. The van der Waals surface area contributed by atoms with Gasteiger partial charge in [0.25, 0.3) is 0 Å². The first-order valence-electron chi connectivity index (χ1n) is 6.57. The Labute approximate surface area is 131 Å². The number of carbonyl (C=O) groups is 1. The quantitative estimate of drug-likeness (QED) is 0.792. The standard InChI is InChI=1S/C14H14BrNO4S/c15-10-3-5-11(6-4-10)21(19,20)16-13-9-2-1-8(7-9)12(13)14(17)18/h1-6,8-9,12-13,16H,7H2,(H,17,18). The van der Waals surface area contributed by atoms with Gasteiger partial charge in [-0.2, -0.15) is 0 Å². The van der Waals surface area contributed by atoms with Crippen molar-refractivity contribution in [2.45, 2.75) is 17.4 Å². The Morgan fingerprint density at radius 3 is 2.43 bits per heavy atom. The number of carboxylic acid groups (broad SMARTS) is 1. The smallest absolute Gasteiger partial charge is 0.308 e. The van der Waals surface area contributed by atoms with E-state index in [-0.39, 0.29) is 16.7 Å². The van der Waals surface area contributed by atoms with Gasteiger partial charge in [-0.1, -0.05) is 28.1 Å². The maximum atomic E-state index is 12.4. The van der Waals surface area contributed by atoms with Crippen molar-refractivity contribution in [2.75, 3.05) is 0 Å². The number of benzene rings is 1. The van der Waals surface area contributed by atoms with Crippen LogP contribution in [-0.4, -0.2) is 25.5 Å². The van der Waals surface area contributed by atoms with Crippen molar-refractivity contribution in [3.8, 4) is 0 Å². The molecule has 0 radical (unpaired) electrons. The highest BCUT2D eigenvalue weighted by Gasteiger charge is 2.49. The molecule has 5 nitrogen and oxygen atoms in total. The molecule has 1 fully saturated rings. The molecular weight excluding hydrogens is 358 g/mol. The fraction of sp³-hybridized carbons (Fsp3) is 0.357. The fourth-order valence-electron chi connectivity index (χ4n) is 3.18. The van der Waals surface area contributed by atoms with Crippen LogP contribution in [-0.2, 0) is 14.8 Å². The topological polar surface area (TPSA) is 83.5 Å². The molecule has 0 spiro atoms. The maximum absolute atomic E-state index is 12.4. The molecular formula is C14H14BrNO4S. The number of hydrogen-bond donors (Lipinski definition) is 2. The molecule has 2 aliphatic carbocycles. The van der Waals surface area contributed by atoms with Crippen molar-refractivity contribution in [3.63, 3.8) is 0 Å². The molecule has 1 aromatic carbocycles. The van der Waals surface area contributed by atoms with E-state index in [0.717, 1.165) is 4.47 Å². The number of carboxylic acids is 1. The van der Waals surface area contributed by atoms with Gasteiger partial charge in [0.05, 0.1) is 10.8 Å². The van der Waals surface area contributed by atoms with Crippen LogP contribution in [0.25, 0.3) is 0 Å². The van der Waals surface area contributed by atoms with Gasteiger partial charge in [0.15, 0.2) is 0 Å². The number of sulfonamides is 1. The minimum absolute atomic E-state index is 0.0404. The largest absolute Gasteiger partial charge is 0.481 e. The van der Waals surface area contributed by atoms with E-state index >= 15 is 0 Å². The number of fused-ring (bicyclic) bond motifs is 2. The summed E-state index contributed by atoms with van der Waals surface area (Å²) in [5.41, 5.74) is 0. The molecule has 112 valence electrons. The summed E-state index contributed by atoms with van der Waals surface area (Å²) in [5, 5.41) is 9.33. The molecule has 0 aliphatic heterocycles. The second-order valence-electron chi connectivity index (χ2n) is 5.41. The van der Waals surface area contributed by atoms with Crippen molar-refractivity contribution in [1.82, 2.24) is 4.72 Å². The van der Waals surface area contributed by atoms with E-state index in [9.17, 15) is 18.3 Å². The predicted molar refractivity (Wildman–Crippen MR) is 80.1 cm³/mol. The van der Waals surface area contributed by atoms with Crippen molar-refractivity contribution in [3.05, 3.63) is 40.9 Å². The van der Waals surface area contributed by atoms with E-state index in [0.29, 0.717) is 6.42 Å².